The van der Waals surface area contributed by atoms with Gasteiger partial charge in [0.05, 0.1) is 21.5 Å². The van der Waals surface area contributed by atoms with Gasteiger partial charge in [0.25, 0.3) is 0 Å². The minimum atomic E-state index is -0.241. The predicted molar refractivity (Wildman–Crippen MR) is 108 cm³/mol. The molecule has 134 valence electrons. The molecule has 0 saturated heterocycles. The Bertz CT molecular complexity index is 963. The lowest BCUT2D eigenvalue weighted by Gasteiger charge is -2.06. The van der Waals surface area contributed by atoms with E-state index in [9.17, 15) is 4.79 Å². The second-order valence-corrected chi connectivity index (χ2v) is 7.68. The average molecular weight is 448 g/mol. The number of thioether (sulfide) groups is 1. The summed E-state index contributed by atoms with van der Waals surface area (Å²) in [5.41, 5.74) is 1.16. The molecule has 0 aliphatic rings. The Balaban J connectivity index is 1.61. The molecule has 3 rings (SSSR count). The maximum Gasteiger partial charge on any atom is 0.234 e. The lowest BCUT2D eigenvalue weighted by atomic mass is 10.2. The summed E-state index contributed by atoms with van der Waals surface area (Å²) in [6.45, 7) is 0. The number of halogens is 4. The van der Waals surface area contributed by atoms with Gasteiger partial charge in [-0.1, -0.05) is 58.2 Å². The number of hydrogen-bond acceptors (Lipinski definition) is 4. The lowest BCUT2D eigenvalue weighted by molar-refractivity contribution is -0.113. The molecule has 10 heteroatoms. The monoisotopic (exact) mass is 446 g/mol. The van der Waals surface area contributed by atoms with E-state index in [1.807, 2.05) is 0 Å². The van der Waals surface area contributed by atoms with Crippen molar-refractivity contribution < 1.29 is 4.79 Å². The number of nitrogens with zero attached hydrogens (tertiary/aromatic N) is 2. The molecule has 1 heterocycles. The van der Waals surface area contributed by atoms with E-state index in [0.29, 0.717) is 42.3 Å². The van der Waals surface area contributed by atoms with Crippen molar-refractivity contribution >= 4 is 69.8 Å². The van der Waals surface area contributed by atoms with Crippen LogP contribution >= 0.6 is 58.2 Å². The summed E-state index contributed by atoms with van der Waals surface area (Å²) in [6, 6.07) is 9.92. The maximum absolute atomic E-state index is 12.1. The van der Waals surface area contributed by atoms with Crippen LogP contribution in [0.3, 0.4) is 0 Å². The lowest BCUT2D eigenvalue weighted by Crippen LogP contribution is -2.14. The summed E-state index contributed by atoms with van der Waals surface area (Å²) < 4.78 is 0. The van der Waals surface area contributed by atoms with E-state index >= 15 is 0 Å². The standard InChI is InChI=1S/C16H10Cl4N4OS/c17-8-1-3-10(11(19)5-8)15-22-16(24-23-15)26-7-14(25)21-13-4-2-9(18)6-12(13)20/h1-6H,7H2,(H,21,25)(H,22,23,24). The smallest absolute Gasteiger partial charge is 0.234 e. The molecule has 2 aromatic carbocycles. The van der Waals surface area contributed by atoms with Crippen molar-refractivity contribution in [2.75, 3.05) is 11.1 Å². The number of nitrogens with one attached hydrogen (secondary N) is 2. The molecule has 0 atom stereocenters. The fraction of sp³-hybridized carbons (Fsp3) is 0.0625. The molecule has 0 unspecified atom stereocenters. The highest BCUT2D eigenvalue weighted by atomic mass is 35.5. The van der Waals surface area contributed by atoms with Gasteiger partial charge >= 0.3 is 0 Å². The summed E-state index contributed by atoms with van der Waals surface area (Å²) in [7, 11) is 0. The minimum Gasteiger partial charge on any atom is -0.324 e. The van der Waals surface area contributed by atoms with Crippen molar-refractivity contribution in [3.8, 4) is 11.4 Å². The first-order valence-corrected chi connectivity index (χ1v) is 9.67. The Morgan fingerprint density at radius 2 is 1.73 bits per heavy atom. The zero-order valence-corrected chi connectivity index (χ0v) is 16.7. The second kappa shape index (κ2) is 8.50. The van der Waals surface area contributed by atoms with Crippen molar-refractivity contribution in [3.63, 3.8) is 0 Å². The van der Waals surface area contributed by atoms with Gasteiger partial charge in [-0.3, -0.25) is 9.89 Å². The topological polar surface area (TPSA) is 70.7 Å². The molecule has 1 aromatic heterocycles. The molecule has 0 radical (unpaired) electrons. The summed E-state index contributed by atoms with van der Waals surface area (Å²) in [5, 5.41) is 11.9. The third-order valence-electron chi connectivity index (χ3n) is 3.19. The van der Waals surface area contributed by atoms with Gasteiger partial charge in [-0.25, -0.2) is 4.98 Å². The molecule has 2 N–H and O–H groups in total. The van der Waals surface area contributed by atoms with Gasteiger partial charge in [0.1, 0.15) is 0 Å². The number of anilines is 1. The second-order valence-electron chi connectivity index (χ2n) is 5.05. The van der Waals surface area contributed by atoms with Crippen LogP contribution < -0.4 is 5.32 Å². The van der Waals surface area contributed by atoms with E-state index in [0.717, 1.165) is 0 Å². The van der Waals surface area contributed by atoms with Crippen LogP contribution in [0.5, 0.6) is 0 Å². The zero-order valence-electron chi connectivity index (χ0n) is 12.9. The highest BCUT2D eigenvalue weighted by Gasteiger charge is 2.12. The molecule has 0 bridgehead atoms. The van der Waals surface area contributed by atoms with Gasteiger partial charge in [-0.05, 0) is 36.4 Å². The molecular weight excluding hydrogens is 438 g/mol. The molecule has 5 nitrogen and oxygen atoms in total. The van der Waals surface area contributed by atoms with Crippen LogP contribution in [0.4, 0.5) is 5.69 Å². The number of rotatable bonds is 5. The highest BCUT2D eigenvalue weighted by molar-refractivity contribution is 7.99. The van der Waals surface area contributed by atoms with Crippen molar-refractivity contribution in [3.05, 3.63) is 56.5 Å². The van der Waals surface area contributed by atoms with E-state index in [1.54, 1.807) is 36.4 Å². The van der Waals surface area contributed by atoms with Crippen LogP contribution in [0.1, 0.15) is 0 Å². The first-order chi connectivity index (χ1) is 12.4. The van der Waals surface area contributed by atoms with E-state index in [1.165, 1.54) is 11.8 Å². The molecule has 0 fully saturated rings. The Morgan fingerprint density at radius 3 is 2.42 bits per heavy atom. The van der Waals surface area contributed by atoms with Gasteiger partial charge < -0.3 is 5.32 Å². The van der Waals surface area contributed by atoms with Crippen LogP contribution in [0, 0.1) is 0 Å². The van der Waals surface area contributed by atoms with Crippen molar-refractivity contribution in [2.45, 2.75) is 5.16 Å². The predicted octanol–water partition coefficient (Wildman–Crippen LogP) is 5.82. The minimum absolute atomic E-state index is 0.116. The molecule has 0 saturated carbocycles. The molecule has 1 amide bonds. The van der Waals surface area contributed by atoms with E-state index in [2.05, 4.69) is 20.5 Å². The number of benzene rings is 2. The Morgan fingerprint density at radius 1 is 1.04 bits per heavy atom. The number of hydrogen-bond donors (Lipinski definition) is 2. The summed E-state index contributed by atoms with van der Waals surface area (Å²) in [4.78, 5) is 16.4. The third-order valence-corrected chi connectivity index (χ3v) is 5.13. The van der Waals surface area contributed by atoms with Gasteiger partial charge in [0.15, 0.2) is 5.82 Å². The quantitative estimate of drug-likeness (QED) is 0.483. The number of carbonyl (C=O) groups is 1. The fourth-order valence-corrected chi connectivity index (χ4v) is 3.57. The number of H-pyrrole nitrogens is 1. The summed E-state index contributed by atoms with van der Waals surface area (Å²) >= 11 is 25.1. The SMILES string of the molecule is O=C(CSc1n[nH]c(-c2ccc(Cl)cc2Cl)n1)Nc1ccc(Cl)cc1Cl. The average Bonchev–Trinajstić information content (AvgIpc) is 3.04. The van der Waals surface area contributed by atoms with Gasteiger partial charge in [-0.2, -0.15) is 0 Å². The van der Waals surface area contributed by atoms with Crippen molar-refractivity contribution in [1.29, 1.82) is 0 Å². The van der Waals surface area contributed by atoms with Crippen molar-refractivity contribution in [1.82, 2.24) is 15.2 Å². The Hall–Kier alpha value is -1.44. The van der Waals surface area contributed by atoms with Gasteiger partial charge in [-0.15, -0.1) is 5.10 Å². The summed E-state index contributed by atoms with van der Waals surface area (Å²) in [5.74, 6) is 0.371. The molecule has 0 spiro atoms. The molecule has 3 aromatic rings. The zero-order chi connectivity index (χ0) is 18.7. The Kier molecular flexibility index (Phi) is 6.32. The van der Waals surface area contributed by atoms with E-state index in [4.69, 9.17) is 46.4 Å². The van der Waals surface area contributed by atoms with Crippen LogP contribution in [0.15, 0.2) is 41.6 Å². The third kappa shape index (κ3) is 4.84. The van der Waals surface area contributed by atoms with Gasteiger partial charge in [0, 0.05) is 15.6 Å². The maximum atomic E-state index is 12.1. The van der Waals surface area contributed by atoms with Crippen LogP contribution in [0.2, 0.25) is 20.1 Å². The number of carbonyl (C=O) groups excluding carboxylic acids is 1. The molecule has 26 heavy (non-hydrogen) atoms. The first kappa shape index (κ1) is 19.3. The highest BCUT2D eigenvalue weighted by Crippen LogP contribution is 2.29. The van der Waals surface area contributed by atoms with E-state index in [-0.39, 0.29) is 11.7 Å². The van der Waals surface area contributed by atoms with Gasteiger partial charge in [0.2, 0.25) is 11.1 Å². The largest absolute Gasteiger partial charge is 0.324 e. The fourth-order valence-electron chi connectivity index (χ4n) is 2.02. The van der Waals surface area contributed by atoms with Crippen LogP contribution in [0.25, 0.3) is 11.4 Å². The normalized spacial score (nSPS) is 10.8. The van der Waals surface area contributed by atoms with Crippen LogP contribution in [-0.4, -0.2) is 26.8 Å². The first-order valence-electron chi connectivity index (χ1n) is 7.18. The number of aromatic amines is 1. The Labute approximate surface area is 173 Å². The molecular formula is C16H10Cl4N4OS. The van der Waals surface area contributed by atoms with Crippen LogP contribution in [-0.2, 0) is 4.79 Å². The van der Waals surface area contributed by atoms with E-state index < -0.39 is 0 Å². The summed E-state index contributed by atoms with van der Waals surface area (Å²) in [6.07, 6.45) is 0. The molecule has 0 aliphatic heterocycles. The number of aromatic nitrogens is 3. The number of amides is 1. The van der Waals surface area contributed by atoms with Crippen molar-refractivity contribution in [2.24, 2.45) is 0 Å². The molecule has 0 aliphatic carbocycles.